The van der Waals surface area contributed by atoms with Gasteiger partial charge < -0.3 is 0 Å². The number of rotatable bonds is 0. The Morgan fingerprint density at radius 1 is 0.345 bits per heavy atom. The highest BCUT2D eigenvalue weighted by Crippen LogP contribution is 2.63. The molecule has 0 N–H and O–H groups in total. The molecule has 9 rings (SSSR count). The smallest absolute Gasteiger partial charge is 0.0619 e. The van der Waals surface area contributed by atoms with Gasteiger partial charge in [0.1, 0.15) is 0 Å². The van der Waals surface area contributed by atoms with Crippen molar-refractivity contribution in [3.05, 3.63) is 224 Å². The van der Waals surface area contributed by atoms with E-state index in [0.29, 0.717) is 0 Å². The summed E-state index contributed by atoms with van der Waals surface area (Å²) >= 11 is 0. The Bertz CT molecular complexity index is 2320. The SMILES string of the molecule is Cc1cc(C)c(C)c(C)c1.Cc1ccc(C(C)(C)C)cc1.Cc1ccc(C)cc1.Cc1cccc2c1-c1ccccc1C21c2ccccc2-c2ccccc21. The van der Waals surface area contributed by atoms with Crippen molar-refractivity contribution in [2.24, 2.45) is 0 Å². The summed E-state index contributed by atoms with van der Waals surface area (Å²) < 4.78 is 0. The minimum Gasteiger partial charge on any atom is -0.0619 e. The Balaban J connectivity index is 0.000000147. The first-order chi connectivity index (χ1) is 26.2. The van der Waals surface area contributed by atoms with Gasteiger partial charge in [-0.05, 0) is 133 Å². The van der Waals surface area contributed by atoms with Gasteiger partial charge in [0.05, 0.1) is 5.41 Å². The van der Waals surface area contributed by atoms with Gasteiger partial charge in [-0.3, -0.25) is 0 Å². The molecule has 0 radical (unpaired) electrons. The fourth-order valence-electron chi connectivity index (χ4n) is 8.27. The molecule has 278 valence electrons. The Hall–Kier alpha value is -5.46. The molecule has 0 aromatic heterocycles. The predicted molar refractivity (Wildman–Crippen MR) is 239 cm³/mol. The standard InChI is InChI=1S/C26H18.C11H16.C10H14.C8H10/c1-17-9-8-16-24-25(17)20-12-4-7-15-23(20)26(24)21-13-5-2-10-18(21)19-11-3-6-14-22(19)26;1-9-5-7-10(8-6-9)11(2,3)4;1-7-5-8(2)10(4)9(3)6-7;1-7-3-5-8(2)6-4-7/h2-16H,1H3;5-8H,1-4H3;5-6H,1-4H3;3-6H,1-2H3. The molecule has 2 aliphatic rings. The fourth-order valence-corrected chi connectivity index (χ4v) is 8.27. The Kier molecular flexibility index (Phi) is 11.5. The third-order valence-corrected chi connectivity index (χ3v) is 11.4. The molecule has 55 heavy (non-hydrogen) atoms. The van der Waals surface area contributed by atoms with Crippen molar-refractivity contribution in [1.29, 1.82) is 0 Å². The van der Waals surface area contributed by atoms with E-state index in [4.69, 9.17) is 0 Å². The lowest BCUT2D eigenvalue weighted by molar-refractivity contribution is 0.590. The van der Waals surface area contributed by atoms with E-state index >= 15 is 0 Å². The minimum absolute atomic E-state index is 0.189. The van der Waals surface area contributed by atoms with Gasteiger partial charge >= 0.3 is 0 Å². The first kappa shape index (κ1) is 39.2. The lowest BCUT2D eigenvalue weighted by atomic mass is 9.70. The second-order valence-electron chi connectivity index (χ2n) is 16.7. The van der Waals surface area contributed by atoms with Crippen molar-refractivity contribution in [3.63, 3.8) is 0 Å². The molecule has 7 aromatic carbocycles. The van der Waals surface area contributed by atoms with E-state index < -0.39 is 0 Å². The van der Waals surface area contributed by atoms with Crippen molar-refractivity contribution in [3.8, 4) is 22.3 Å². The molecule has 0 nitrogen and oxygen atoms in total. The second-order valence-corrected chi connectivity index (χ2v) is 16.7. The van der Waals surface area contributed by atoms with Crippen molar-refractivity contribution in [2.45, 2.75) is 87.0 Å². The number of hydrogen-bond acceptors (Lipinski definition) is 0. The third-order valence-electron chi connectivity index (χ3n) is 11.4. The molecule has 0 bridgehead atoms. The number of hydrogen-bond donors (Lipinski definition) is 0. The quantitative estimate of drug-likeness (QED) is 0.146. The van der Waals surface area contributed by atoms with E-state index in [1.54, 1.807) is 0 Å². The van der Waals surface area contributed by atoms with Crippen LogP contribution in [0.5, 0.6) is 0 Å². The molecular weight excluding hydrogens is 661 g/mol. The van der Waals surface area contributed by atoms with Gasteiger partial charge in [0, 0.05) is 0 Å². The monoisotopic (exact) mass is 718 g/mol. The molecule has 1 spiro atoms. The Morgan fingerprint density at radius 3 is 1.18 bits per heavy atom. The predicted octanol–water partition coefficient (Wildman–Crippen LogP) is 14.9. The minimum atomic E-state index is -0.189. The Morgan fingerprint density at radius 2 is 0.727 bits per heavy atom. The third kappa shape index (κ3) is 7.88. The first-order valence-electron chi connectivity index (χ1n) is 19.8. The van der Waals surface area contributed by atoms with E-state index in [0.717, 1.165) is 0 Å². The van der Waals surface area contributed by atoms with Crippen molar-refractivity contribution >= 4 is 0 Å². The molecule has 0 aliphatic heterocycles. The number of aryl methyl sites for hydroxylation is 7. The molecule has 0 saturated heterocycles. The maximum Gasteiger partial charge on any atom is 0.0725 e. The van der Waals surface area contributed by atoms with E-state index in [9.17, 15) is 0 Å². The van der Waals surface area contributed by atoms with Crippen LogP contribution in [0.2, 0.25) is 0 Å². The van der Waals surface area contributed by atoms with E-state index in [-0.39, 0.29) is 10.8 Å². The largest absolute Gasteiger partial charge is 0.0725 e. The van der Waals surface area contributed by atoms with Crippen LogP contribution in [0.25, 0.3) is 22.3 Å². The molecule has 0 heterocycles. The number of benzene rings is 7. The van der Waals surface area contributed by atoms with Crippen molar-refractivity contribution in [1.82, 2.24) is 0 Å². The lowest BCUT2D eigenvalue weighted by Gasteiger charge is -2.30. The zero-order chi connectivity index (χ0) is 39.5. The molecule has 0 heteroatoms. The molecule has 0 amide bonds. The fraction of sp³-hybridized carbons (Fsp3) is 0.236. The Labute approximate surface area is 332 Å². The van der Waals surface area contributed by atoms with Gasteiger partial charge in [-0.1, -0.05) is 195 Å². The van der Waals surface area contributed by atoms with Crippen molar-refractivity contribution < 1.29 is 0 Å². The highest BCUT2D eigenvalue weighted by molar-refractivity contribution is 5.95. The zero-order valence-corrected chi connectivity index (χ0v) is 34.9. The van der Waals surface area contributed by atoms with Crippen LogP contribution in [0.1, 0.15) is 93.1 Å². The highest BCUT2D eigenvalue weighted by Gasteiger charge is 2.51. The maximum absolute atomic E-state index is 2.33. The van der Waals surface area contributed by atoms with E-state index in [2.05, 4.69) is 228 Å². The summed E-state index contributed by atoms with van der Waals surface area (Å²) in [6, 6.07) is 55.3. The van der Waals surface area contributed by atoms with Gasteiger partial charge in [0.2, 0.25) is 0 Å². The van der Waals surface area contributed by atoms with Crippen LogP contribution in [0, 0.1) is 55.4 Å². The summed E-state index contributed by atoms with van der Waals surface area (Å²) in [5.41, 5.74) is 23.6. The summed E-state index contributed by atoms with van der Waals surface area (Å²) in [6.07, 6.45) is 0. The topological polar surface area (TPSA) is 0 Å². The highest BCUT2D eigenvalue weighted by atomic mass is 14.5. The molecule has 0 saturated carbocycles. The zero-order valence-electron chi connectivity index (χ0n) is 34.9. The van der Waals surface area contributed by atoms with Crippen LogP contribution >= 0.6 is 0 Å². The van der Waals surface area contributed by atoms with Gasteiger partial charge in [-0.15, -0.1) is 0 Å². The van der Waals surface area contributed by atoms with Gasteiger partial charge in [0.15, 0.2) is 0 Å². The second kappa shape index (κ2) is 16.1. The summed E-state index contributed by atoms with van der Waals surface area (Å²) in [6.45, 7) is 23.9. The molecule has 7 aromatic rings. The average molecular weight is 719 g/mol. The molecule has 0 atom stereocenters. The van der Waals surface area contributed by atoms with Crippen LogP contribution in [-0.2, 0) is 10.8 Å². The molecule has 0 unspecified atom stereocenters. The summed E-state index contributed by atoms with van der Waals surface area (Å²) in [4.78, 5) is 0. The van der Waals surface area contributed by atoms with E-state index in [1.165, 1.54) is 94.6 Å². The summed E-state index contributed by atoms with van der Waals surface area (Å²) in [5.74, 6) is 0. The van der Waals surface area contributed by atoms with Crippen LogP contribution in [0.15, 0.2) is 152 Å². The molecular formula is C55H58. The van der Waals surface area contributed by atoms with Crippen LogP contribution in [-0.4, -0.2) is 0 Å². The normalized spacial score (nSPS) is 12.4. The summed E-state index contributed by atoms with van der Waals surface area (Å²) in [5, 5.41) is 0. The lowest BCUT2D eigenvalue weighted by Crippen LogP contribution is -2.25. The molecule has 2 aliphatic carbocycles. The van der Waals surface area contributed by atoms with Crippen molar-refractivity contribution in [2.75, 3.05) is 0 Å². The van der Waals surface area contributed by atoms with Gasteiger partial charge in [-0.2, -0.15) is 0 Å². The number of fused-ring (bicyclic) bond motifs is 10. The first-order valence-corrected chi connectivity index (χ1v) is 19.8. The van der Waals surface area contributed by atoms with Gasteiger partial charge in [0.25, 0.3) is 0 Å². The van der Waals surface area contributed by atoms with E-state index in [1.807, 2.05) is 0 Å². The van der Waals surface area contributed by atoms with Crippen LogP contribution in [0.4, 0.5) is 0 Å². The van der Waals surface area contributed by atoms with Crippen LogP contribution in [0.3, 0.4) is 0 Å². The molecule has 0 fully saturated rings. The van der Waals surface area contributed by atoms with Gasteiger partial charge in [-0.25, -0.2) is 0 Å². The van der Waals surface area contributed by atoms with Crippen LogP contribution < -0.4 is 0 Å². The summed E-state index contributed by atoms with van der Waals surface area (Å²) in [7, 11) is 0. The maximum atomic E-state index is 2.33. The average Bonchev–Trinajstić information content (AvgIpc) is 3.64.